The standard InChI is InChI=1S/C11H21N3O/c1-9(2)4-11(8-15)12-5-10-6-13-14(3)7-10/h6-7,9,11-12,15H,4-5,8H2,1-3H3/t11-/m0/s1. The minimum Gasteiger partial charge on any atom is -0.395 e. The maximum absolute atomic E-state index is 9.17. The van der Waals surface area contributed by atoms with Crippen LogP contribution in [0, 0.1) is 5.92 Å². The topological polar surface area (TPSA) is 50.1 Å². The summed E-state index contributed by atoms with van der Waals surface area (Å²) in [5.74, 6) is 0.601. The zero-order valence-corrected chi connectivity index (χ0v) is 9.77. The second-order valence-electron chi connectivity index (χ2n) is 4.41. The van der Waals surface area contributed by atoms with E-state index in [2.05, 4.69) is 24.3 Å². The number of nitrogens with one attached hydrogen (secondary N) is 1. The lowest BCUT2D eigenvalue weighted by atomic mass is 10.0. The fourth-order valence-electron chi connectivity index (χ4n) is 1.62. The maximum atomic E-state index is 9.17. The van der Waals surface area contributed by atoms with Crippen LogP contribution in [0.2, 0.25) is 0 Å². The normalized spacial score (nSPS) is 13.4. The van der Waals surface area contributed by atoms with Gasteiger partial charge in [-0.15, -0.1) is 0 Å². The highest BCUT2D eigenvalue weighted by molar-refractivity contribution is 5.03. The first-order valence-electron chi connectivity index (χ1n) is 5.43. The first-order chi connectivity index (χ1) is 7.11. The zero-order chi connectivity index (χ0) is 11.3. The fourth-order valence-corrected chi connectivity index (χ4v) is 1.62. The number of nitrogens with zero attached hydrogens (tertiary/aromatic N) is 2. The number of aryl methyl sites for hydroxylation is 1. The molecule has 0 saturated heterocycles. The Bertz CT molecular complexity index is 283. The van der Waals surface area contributed by atoms with E-state index in [1.54, 1.807) is 4.68 Å². The molecule has 0 aliphatic carbocycles. The van der Waals surface area contributed by atoms with Gasteiger partial charge >= 0.3 is 0 Å². The number of rotatable bonds is 6. The summed E-state index contributed by atoms with van der Waals surface area (Å²) in [5.41, 5.74) is 1.15. The van der Waals surface area contributed by atoms with Gasteiger partial charge < -0.3 is 10.4 Å². The number of hydrogen-bond acceptors (Lipinski definition) is 3. The Balaban J connectivity index is 2.34. The van der Waals surface area contributed by atoms with Crippen molar-refractivity contribution in [2.75, 3.05) is 6.61 Å². The van der Waals surface area contributed by atoms with Crippen LogP contribution in [0.15, 0.2) is 12.4 Å². The van der Waals surface area contributed by atoms with Crippen LogP contribution in [-0.4, -0.2) is 27.5 Å². The second kappa shape index (κ2) is 5.88. The molecule has 0 aliphatic rings. The van der Waals surface area contributed by atoms with Crippen LogP contribution < -0.4 is 5.32 Å². The number of aliphatic hydroxyl groups is 1. The summed E-state index contributed by atoms with van der Waals surface area (Å²) in [7, 11) is 1.90. The molecular formula is C11H21N3O. The van der Waals surface area contributed by atoms with Crippen molar-refractivity contribution in [2.24, 2.45) is 13.0 Å². The monoisotopic (exact) mass is 211 g/mol. The molecule has 4 nitrogen and oxygen atoms in total. The minimum atomic E-state index is 0.185. The molecule has 0 radical (unpaired) electrons. The van der Waals surface area contributed by atoms with Crippen molar-refractivity contribution in [3.8, 4) is 0 Å². The van der Waals surface area contributed by atoms with Crippen molar-refractivity contribution in [1.82, 2.24) is 15.1 Å². The van der Waals surface area contributed by atoms with Gasteiger partial charge in [-0.3, -0.25) is 4.68 Å². The van der Waals surface area contributed by atoms with Crippen molar-refractivity contribution >= 4 is 0 Å². The lowest BCUT2D eigenvalue weighted by molar-refractivity contribution is 0.223. The van der Waals surface area contributed by atoms with E-state index in [4.69, 9.17) is 0 Å². The maximum Gasteiger partial charge on any atom is 0.0584 e. The molecular weight excluding hydrogens is 190 g/mol. The molecule has 0 saturated carbocycles. The highest BCUT2D eigenvalue weighted by atomic mass is 16.3. The third-order valence-electron chi connectivity index (χ3n) is 2.33. The van der Waals surface area contributed by atoms with E-state index in [0.29, 0.717) is 5.92 Å². The summed E-state index contributed by atoms with van der Waals surface area (Å²) < 4.78 is 1.79. The second-order valence-corrected chi connectivity index (χ2v) is 4.41. The molecule has 0 amide bonds. The highest BCUT2D eigenvalue weighted by Gasteiger charge is 2.09. The molecule has 0 bridgehead atoms. The number of aromatic nitrogens is 2. The van der Waals surface area contributed by atoms with Crippen LogP contribution in [0.4, 0.5) is 0 Å². The molecule has 0 aliphatic heterocycles. The Morgan fingerprint density at radius 1 is 1.53 bits per heavy atom. The van der Waals surface area contributed by atoms with E-state index in [9.17, 15) is 5.11 Å². The van der Waals surface area contributed by atoms with E-state index < -0.39 is 0 Å². The summed E-state index contributed by atoms with van der Waals surface area (Å²) in [6.07, 6.45) is 4.82. The Morgan fingerprint density at radius 2 is 2.27 bits per heavy atom. The van der Waals surface area contributed by atoms with Gasteiger partial charge in [0.25, 0.3) is 0 Å². The fraction of sp³-hybridized carbons (Fsp3) is 0.727. The van der Waals surface area contributed by atoms with Gasteiger partial charge in [-0.05, 0) is 12.3 Å². The molecule has 1 heterocycles. The molecule has 1 rings (SSSR count). The lowest BCUT2D eigenvalue weighted by Crippen LogP contribution is -2.33. The van der Waals surface area contributed by atoms with Crippen LogP contribution in [-0.2, 0) is 13.6 Å². The van der Waals surface area contributed by atoms with Gasteiger partial charge in [-0.1, -0.05) is 13.8 Å². The number of hydrogen-bond donors (Lipinski definition) is 2. The average molecular weight is 211 g/mol. The molecule has 1 aromatic rings. The van der Waals surface area contributed by atoms with E-state index >= 15 is 0 Å². The quantitative estimate of drug-likeness (QED) is 0.735. The first-order valence-corrected chi connectivity index (χ1v) is 5.43. The SMILES string of the molecule is CC(C)C[C@@H](CO)NCc1cnn(C)c1. The zero-order valence-electron chi connectivity index (χ0n) is 9.77. The van der Waals surface area contributed by atoms with Crippen molar-refractivity contribution in [1.29, 1.82) is 0 Å². The smallest absolute Gasteiger partial charge is 0.0584 e. The molecule has 86 valence electrons. The molecule has 0 unspecified atom stereocenters. The molecule has 2 N–H and O–H groups in total. The minimum absolute atomic E-state index is 0.185. The Kier molecular flexibility index (Phi) is 4.78. The van der Waals surface area contributed by atoms with Gasteiger partial charge in [0.2, 0.25) is 0 Å². The summed E-state index contributed by atoms with van der Waals surface area (Å²) in [6.45, 7) is 5.28. The third-order valence-corrected chi connectivity index (χ3v) is 2.33. The van der Waals surface area contributed by atoms with E-state index in [-0.39, 0.29) is 12.6 Å². The van der Waals surface area contributed by atoms with Crippen LogP contribution in [0.25, 0.3) is 0 Å². The molecule has 1 atom stereocenters. The first kappa shape index (κ1) is 12.2. The molecule has 0 aromatic carbocycles. The summed E-state index contributed by atoms with van der Waals surface area (Å²) >= 11 is 0. The average Bonchev–Trinajstić information content (AvgIpc) is 2.58. The van der Waals surface area contributed by atoms with Crippen LogP contribution in [0.3, 0.4) is 0 Å². The van der Waals surface area contributed by atoms with Crippen LogP contribution in [0.5, 0.6) is 0 Å². The Hall–Kier alpha value is -0.870. The Morgan fingerprint density at radius 3 is 2.73 bits per heavy atom. The summed E-state index contributed by atoms with van der Waals surface area (Å²) in [4.78, 5) is 0. The predicted molar refractivity (Wildman–Crippen MR) is 60.4 cm³/mol. The van der Waals surface area contributed by atoms with E-state index in [1.165, 1.54) is 0 Å². The lowest BCUT2D eigenvalue weighted by Gasteiger charge is -2.17. The van der Waals surface area contributed by atoms with Crippen molar-refractivity contribution in [3.05, 3.63) is 18.0 Å². The van der Waals surface area contributed by atoms with E-state index in [1.807, 2.05) is 19.4 Å². The largest absolute Gasteiger partial charge is 0.395 e. The van der Waals surface area contributed by atoms with Crippen LogP contribution in [0.1, 0.15) is 25.8 Å². The summed E-state index contributed by atoms with van der Waals surface area (Å²) in [6, 6.07) is 0.185. The Labute approximate surface area is 91.3 Å². The van der Waals surface area contributed by atoms with Crippen molar-refractivity contribution in [3.63, 3.8) is 0 Å². The van der Waals surface area contributed by atoms with Gasteiger partial charge in [-0.2, -0.15) is 5.10 Å². The van der Waals surface area contributed by atoms with Gasteiger partial charge in [0.05, 0.1) is 12.8 Å². The van der Waals surface area contributed by atoms with Gasteiger partial charge in [0.1, 0.15) is 0 Å². The van der Waals surface area contributed by atoms with Gasteiger partial charge in [0.15, 0.2) is 0 Å². The van der Waals surface area contributed by atoms with Crippen molar-refractivity contribution in [2.45, 2.75) is 32.9 Å². The summed E-state index contributed by atoms with van der Waals surface area (Å²) in [5, 5.41) is 16.6. The van der Waals surface area contributed by atoms with E-state index in [0.717, 1.165) is 18.5 Å². The molecule has 1 aromatic heterocycles. The number of aliphatic hydroxyl groups excluding tert-OH is 1. The van der Waals surface area contributed by atoms with Gasteiger partial charge in [-0.25, -0.2) is 0 Å². The molecule has 15 heavy (non-hydrogen) atoms. The highest BCUT2D eigenvalue weighted by Crippen LogP contribution is 2.05. The van der Waals surface area contributed by atoms with Crippen LogP contribution >= 0.6 is 0 Å². The molecule has 0 fully saturated rings. The third kappa shape index (κ3) is 4.44. The van der Waals surface area contributed by atoms with Crippen molar-refractivity contribution < 1.29 is 5.11 Å². The molecule has 4 heteroatoms. The van der Waals surface area contributed by atoms with Gasteiger partial charge in [0, 0.05) is 31.4 Å². The molecule has 0 spiro atoms. The predicted octanol–water partition coefficient (Wildman–Crippen LogP) is 0.917.